The Bertz CT molecular complexity index is 459. The highest BCUT2D eigenvalue weighted by atomic mass is 32.1. The molecule has 1 heterocycles. The van der Waals surface area contributed by atoms with E-state index in [0.717, 1.165) is 12.8 Å². The number of rotatable bonds is 3. The number of carbonyl (C=O) groups is 1. The fourth-order valence-corrected chi connectivity index (χ4v) is 2.51. The zero-order chi connectivity index (χ0) is 13.8. The lowest BCUT2D eigenvalue weighted by atomic mass is 10.1. The van der Waals surface area contributed by atoms with Crippen LogP contribution in [0.5, 0.6) is 0 Å². The lowest BCUT2D eigenvalue weighted by Gasteiger charge is -2.31. The van der Waals surface area contributed by atoms with Gasteiger partial charge in [-0.2, -0.15) is 0 Å². The molecule has 1 aromatic carbocycles. The Labute approximate surface area is 118 Å². The number of hydrogen-bond donors (Lipinski definition) is 1. The van der Waals surface area contributed by atoms with E-state index in [1.165, 1.54) is 18.2 Å². The molecule has 1 amide bonds. The summed E-state index contributed by atoms with van der Waals surface area (Å²) in [7, 11) is 0. The monoisotopic (exact) mass is 283 g/mol. The standard InChI is InChI=1S/C14H18FNO2S/c1-2-18-10-5-7-16(8-6-10)14(17)12-9-11(19)3-4-13(12)15/h3-4,9-10,19H,2,5-8H2,1H3. The van der Waals surface area contributed by atoms with Gasteiger partial charge in [-0.3, -0.25) is 4.79 Å². The molecule has 0 radical (unpaired) electrons. The van der Waals surface area contributed by atoms with Gasteiger partial charge in [0.15, 0.2) is 0 Å². The highest BCUT2D eigenvalue weighted by Gasteiger charge is 2.25. The van der Waals surface area contributed by atoms with E-state index in [-0.39, 0.29) is 17.6 Å². The zero-order valence-electron chi connectivity index (χ0n) is 10.9. The van der Waals surface area contributed by atoms with Crippen molar-refractivity contribution in [1.29, 1.82) is 0 Å². The van der Waals surface area contributed by atoms with Crippen molar-refractivity contribution in [3.63, 3.8) is 0 Å². The Hall–Kier alpha value is -1.07. The Balaban J connectivity index is 2.03. The molecule has 1 aromatic rings. The van der Waals surface area contributed by atoms with Crippen molar-refractivity contribution >= 4 is 18.5 Å². The predicted molar refractivity (Wildman–Crippen MR) is 74.2 cm³/mol. The molecule has 2 rings (SSSR count). The van der Waals surface area contributed by atoms with Crippen LogP contribution in [0.25, 0.3) is 0 Å². The number of carbonyl (C=O) groups excluding carboxylic acids is 1. The molecule has 0 unspecified atom stereocenters. The minimum Gasteiger partial charge on any atom is -0.378 e. The number of piperidine rings is 1. The first-order valence-corrected chi connectivity index (χ1v) is 6.96. The second-order valence-electron chi connectivity index (χ2n) is 4.61. The molecule has 0 atom stereocenters. The largest absolute Gasteiger partial charge is 0.378 e. The third-order valence-corrected chi connectivity index (χ3v) is 3.59. The molecular formula is C14H18FNO2S. The minimum atomic E-state index is -0.491. The van der Waals surface area contributed by atoms with Crippen molar-refractivity contribution in [1.82, 2.24) is 4.90 Å². The van der Waals surface area contributed by atoms with E-state index in [1.807, 2.05) is 6.92 Å². The molecule has 1 saturated heterocycles. The van der Waals surface area contributed by atoms with Crippen LogP contribution in [0.2, 0.25) is 0 Å². The van der Waals surface area contributed by atoms with Crippen LogP contribution < -0.4 is 0 Å². The van der Waals surface area contributed by atoms with Gasteiger partial charge in [0.25, 0.3) is 5.91 Å². The SMILES string of the molecule is CCOC1CCN(C(=O)c2cc(S)ccc2F)CC1. The van der Waals surface area contributed by atoms with Crippen LogP contribution in [0.4, 0.5) is 4.39 Å². The molecule has 3 nitrogen and oxygen atoms in total. The second kappa shape index (κ2) is 6.39. The van der Waals surface area contributed by atoms with E-state index in [2.05, 4.69) is 12.6 Å². The van der Waals surface area contributed by atoms with Crippen molar-refractivity contribution in [3.8, 4) is 0 Å². The molecule has 1 aliphatic heterocycles. The fourth-order valence-electron chi connectivity index (χ4n) is 2.31. The first-order chi connectivity index (χ1) is 9.11. The zero-order valence-corrected chi connectivity index (χ0v) is 11.8. The van der Waals surface area contributed by atoms with Gasteiger partial charge in [-0.15, -0.1) is 12.6 Å². The summed E-state index contributed by atoms with van der Waals surface area (Å²) < 4.78 is 19.2. The summed E-state index contributed by atoms with van der Waals surface area (Å²) in [5, 5.41) is 0. The first kappa shape index (κ1) is 14.3. The number of nitrogens with zero attached hydrogens (tertiary/aromatic N) is 1. The smallest absolute Gasteiger partial charge is 0.256 e. The van der Waals surface area contributed by atoms with Gasteiger partial charge in [-0.1, -0.05) is 0 Å². The van der Waals surface area contributed by atoms with Gasteiger partial charge in [-0.25, -0.2) is 4.39 Å². The lowest BCUT2D eigenvalue weighted by Crippen LogP contribution is -2.41. The van der Waals surface area contributed by atoms with Gasteiger partial charge in [0.1, 0.15) is 5.82 Å². The number of thiol groups is 1. The summed E-state index contributed by atoms with van der Waals surface area (Å²) >= 11 is 4.14. The van der Waals surface area contributed by atoms with Crippen LogP contribution in [-0.2, 0) is 4.74 Å². The minimum absolute atomic E-state index is 0.0994. The summed E-state index contributed by atoms with van der Waals surface area (Å²) in [4.78, 5) is 14.5. The second-order valence-corrected chi connectivity index (χ2v) is 5.13. The molecule has 0 saturated carbocycles. The predicted octanol–water partition coefficient (Wildman–Crippen LogP) is 2.76. The molecule has 5 heteroatoms. The molecule has 0 bridgehead atoms. The lowest BCUT2D eigenvalue weighted by molar-refractivity contribution is 0.0144. The molecule has 19 heavy (non-hydrogen) atoms. The number of likely N-dealkylation sites (tertiary alicyclic amines) is 1. The molecule has 1 fully saturated rings. The maximum atomic E-state index is 13.7. The van der Waals surface area contributed by atoms with Crippen LogP contribution in [-0.4, -0.2) is 36.6 Å². The number of halogens is 1. The van der Waals surface area contributed by atoms with Crippen molar-refractivity contribution in [3.05, 3.63) is 29.6 Å². The normalized spacial score (nSPS) is 16.7. The van der Waals surface area contributed by atoms with Gasteiger partial charge in [0.2, 0.25) is 0 Å². The van der Waals surface area contributed by atoms with Crippen LogP contribution in [0.15, 0.2) is 23.1 Å². The summed E-state index contributed by atoms with van der Waals surface area (Å²) in [6.45, 7) is 3.87. The van der Waals surface area contributed by atoms with Crippen LogP contribution in [0.1, 0.15) is 30.1 Å². The van der Waals surface area contributed by atoms with Crippen molar-refractivity contribution in [2.45, 2.75) is 30.8 Å². The molecule has 0 N–H and O–H groups in total. The van der Waals surface area contributed by atoms with Crippen LogP contribution in [0.3, 0.4) is 0 Å². The average Bonchev–Trinajstić information content (AvgIpc) is 2.42. The maximum absolute atomic E-state index is 13.7. The summed E-state index contributed by atoms with van der Waals surface area (Å²) in [6.07, 6.45) is 1.83. The number of ether oxygens (including phenoxy) is 1. The van der Waals surface area contributed by atoms with E-state index < -0.39 is 5.82 Å². The quantitative estimate of drug-likeness (QED) is 0.864. The Morgan fingerprint density at radius 2 is 2.16 bits per heavy atom. The van der Waals surface area contributed by atoms with Crippen molar-refractivity contribution in [2.75, 3.05) is 19.7 Å². The van der Waals surface area contributed by atoms with Crippen molar-refractivity contribution in [2.24, 2.45) is 0 Å². The third kappa shape index (κ3) is 3.48. The van der Waals surface area contributed by atoms with Gasteiger partial charge >= 0.3 is 0 Å². The maximum Gasteiger partial charge on any atom is 0.256 e. The number of amides is 1. The van der Waals surface area contributed by atoms with Gasteiger partial charge in [-0.05, 0) is 38.0 Å². The topological polar surface area (TPSA) is 29.5 Å². The number of benzene rings is 1. The van der Waals surface area contributed by atoms with Gasteiger partial charge < -0.3 is 9.64 Å². The summed E-state index contributed by atoms with van der Waals surface area (Å²) in [6, 6.07) is 4.30. The Morgan fingerprint density at radius 1 is 1.47 bits per heavy atom. The van der Waals surface area contributed by atoms with Crippen LogP contribution in [0, 0.1) is 5.82 Å². The van der Waals surface area contributed by atoms with E-state index in [1.54, 1.807) is 4.90 Å². The van der Waals surface area contributed by atoms with E-state index in [0.29, 0.717) is 24.6 Å². The average molecular weight is 283 g/mol. The molecule has 0 aromatic heterocycles. The van der Waals surface area contributed by atoms with Gasteiger partial charge in [0.05, 0.1) is 11.7 Å². The summed E-state index contributed by atoms with van der Waals surface area (Å²) in [5.41, 5.74) is 0.0994. The molecule has 0 aliphatic carbocycles. The van der Waals surface area contributed by atoms with E-state index in [9.17, 15) is 9.18 Å². The fraction of sp³-hybridized carbons (Fsp3) is 0.500. The highest BCUT2D eigenvalue weighted by Crippen LogP contribution is 2.19. The molecule has 1 aliphatic rings. The van der Waals surface area contributed by atoms with E-state index >= 15 is 0 Å². The number of hydrogen-bond acceptors (Lipinski definition) is 3. The van der Waals surface area contributed by atoms with Crippen molar-refractivity contribution < 1.29 is 13.9 Å². The molecular weight excluding hydrogens is 265 g/mol. The van der Waals surface area contributed by atoms with Gasteiger partial charge in [0, 0.05) is 24.6 Å². The third-order valence-electron chi connectivity index (χ3n) is 3.31. The summed E-state index contributed by atoms with van der Waals surface area (Å²) in [5.74, 6) is -0.752. The Kier molecular flexibility index (Phi) is 4.82. The molecule has 0 spiro atoms. The van der Waals surface area contributed by atoms with E-state index in [4.69, 9.17) is 4.74 Å². The Morgan fingerprint density at radius 3 is 2.79 bits per heavy atom. The van der Waals surface area contributed by atoms with Crippen LogP contribution >= 0.6 is 12.6 Å². The first-order valence-electron chi connectivity index (χ1n) is 6.51. The highest BCUT2D eigenvalue weighted by molar-refractivity contribution is 7.80. The molecule has 104 valence electrons.